The molecule has 32 heavy (non-hydrogen) atoms. The number of halogens is 1. The monoisotopic (exact) mass is 497 g/mol. The van der Waals surface area contributed by atoms with E-state index in [1.807, 2.05) is 12.1 Å². The van der Waals surface area contributed by atoms with Crippen molar-refractivity contribution >= 4 is 39.3 Å². The third-order valence-corrected chi connectivity index (χ3v) is 6.73. The fourth-order valence-corrected chi connectivity index (χ4v) is 4.62. The molecule has 1 saturated heterocycles. The highest BCUT2D eigenvalue weighted by Gasteiger charge is 2.35. The Kier molecular flexibility index (Phi) is 7.06. The summed E-state index contributed by atoms with van der Waals surface area (Å²) >= 11 is 3.33. The lowest BCUT2D eigenvalue weighted by atomic mass is 9.99. The number of nitrogens with one attached hydrogen (secondary N) is 1. The first-order chi connectivity index (χ1) is 15.4. The first-order valence-electron chi connectivity index (χ1n) is 11.2. The van der Waals surface area contributed by atoms with E-state index in [9.17, 15) is 14.4 Å². The van der Waals surface area contributed by atoms with Crippen molar-refractivity contribution in [3.63, 3.8) is 0 Å². The second kappa shape index (κ2) is 9.96. The van der Waals surface area contributed by atoms with Crippen LogP contribution < -0.4 is 5.32 Å². The maximum absolute atomic E-state index is 12.5. The van der Waals surface area contributed by atoms with Crippen molar-refractivity contribution in [2.75, 3.05) is 25.0 Å². The van der Waals surface area contributed by atoms with Crippen LogP contribution in [0.15, 0.2) is 46.9 Å². The van der Waals surface area contributed by atoms with Crippen LogP contribution in [-0.4, -0.2) is 47.2 Å². The fraction of sp³-hybridized carbons (Fsp3) is 0.400. The standard InChI is InChI=1S/C25H28BrN3O3/c1-17-10-13-28(14-11-17)16-18-4-7-20(8-5-18)27-23(30)3-2-12-29-24(31)21-9-6-19(26)15-22(21)25(29)32/h4-9,15,17H,2-3,10-14,16H2,1H3,(H,27,30). The van der Waals surface area contributed by atoms with Crippen molar-refractivity contribution < 1.29 is 14.4 Å². The SMILES string of the molecule is CC1CCN(Cc2ccc(NC(=O)CCCN3C(=O)c4ccc(Br)cc4C3=O)cc2)CC1. The molecule has 0 aliphatic carbocycles. The number of hydrogen-bond acceptors (Lipinski definition) is 4. The van der Waals surface area contributed by atoms with Gasteiger partial charge in [-0.1, -0.05) is 35.0 Å². The summed E-state index contributed by atoms with van der Waals surface area (Å²) in [6, 6.07) is 13.1. The first kappa shape index (κ1) is 22.7. The quantitative estimate of drug-likeness (QED) is 0.563. The van der Waals surface area contributed by atoms with Gasteiger partial charge >= 0.3 is 0 Å². The number of carbonyl (C=O) groups excluding carboxylic acids is 3. The van der Waals surface area contributed by atoms with Crippen molar-refractivity contribution in [1.29, 1.82) is 0 Å². The first-order valence-corrected chi connectivity index (χ1v) is 12.0. The lowest BCUT2D eigenvalue weighted by Gasteiger charge is -2.30. The van der Waals surface area contributed by atoms with Crippen molar-refractivity contribution in [3.8, 4) is 0 Å². The van der Waals surface area contributed by atoms with Gasteiger partial charge in [-0.3, -0.25) is 24.2 Å². The minimum absolute atomic E-state index is 0.123. The molecule has 168 valence electrons. The molecule has 6 nitrogen and oxygen atoms in total. The summed E-state index contributed by atoms with van der Waals surface area (Å²) in [4.78, 5) is 41.0. The summed E-state index contributed by atoms with van der Waals surface area (Å²) in [6.07, 6.45) is 3.17. The zero-order chi connectivity index (χ0) is 22.7. The number of fused-ring (bicyclic) bond motifs is 1. The molecule has 2 aliphatic rings. The molecular formula is C25H28BrN3O3. The Balaban J connectivity index is 1.22. The summed E-state index contributed by atoms with van der Waals surface area (Å²) in [6.45, 7) is 5.77. The maximum Gasteiger partial charge on any atom is 0.261 e. The number of imide groups is 1. The minimum atomic E-state index is -0.301. The van der Waals surface area contributed by atoms with Crippen molar-refractivity contribution in [1.82, 2.24) is 9.80 Å². The Bertz CT molecular complexity index is 1010. The van der Waals surface area contributed by atoms with Crippen LogP contribution in [0.4, 0.5) is 5.69 Å². The van der Waals surface area contributed by atoms with Crippen molar-refractivity contribution in [2.24, 2.45) is 5.92 Å². The minimum Gasteiger partial charge on any atom is -0.326 e. The summed E-state index contributed by atoms with van der Waals surface area (Å²) in [5.74, 6) is 0.104. The molecule has 2 heterocycles. The molecule has 3 amide bonds. The number of anilines is 1. The second-order valence-corrected chi connectivity index (χ2v) is 9.67. The van der Waals surface area contributed by atoms with Gasteiger partial charge in [-0.05, 0) is 74.2 Å². The van der Waals surface area contributed by atoms with E-state index in [1.165, 1.54) is 23.3 Å². The third-order valence-electron chi connectivity index (χ3n) is 6.24. The molecule has 0 radical (unpaired) electrons. The molecule has 0 bridgehead atoms. The Morgan fingerprint density at radius 2 is 1.72 bits per heavy atom. The van der Waals surface area contributed by atoms with Crippen LogP contribution in [0.1, 0.15) is 58.9 Å². The number of likely N-dealkylation sites (tertiary alicyclic amines) is 1. The Hall–Kier alpha value is -2.51. The molecule has 1 N–H and O–H groups in total. The number of carbonyl (C=O) groups is 3. The van der Waals surface area contributed by atoms with E-state index in [1.54, 1.807) is 18.2 Å². The van der Waals surface area contributed by atoms with E-state index in [0.29, 0.717) is 17.5 Å². The van der Waals surface area contributed by atoms with Crippen molar-refractivity contribution in [2.45, 2.75) is 39.2 Å². The van der Waals surface area contributed by atoms with Crippen LogP contribution in [0, 0.1) is 5.92 Å². The van der Waals surface area contributed by atoms with Gasteiger partial charge in [0.15, 0.2) is 0 Å². The zero-order valence-electron chi connectivity index (χ0n) is 18.3. The second-order valence-electron chi connectivity index (χ2n) is 8.76. The largest absolute Gasteiger partial charge is 0.326 e. The smallest absolute Gasteiger partial charge is 0.261 e. The molecule has 1 fully saturated rings. The van der Waals surface area contributed by atoms with E-state index < -0.39 is 0 Å². The number of hydrogen-bond donors (Lipinski definition) is 1. The number of rotatable bonds is 7. The van der Waals surface area contributed by atoms with Crippen LogP contribution >= 0.6 is 15.9 Å². The molecule has 2 aromatic rings. The van der Waals surface area contributed by atoms with Gasteiger partial charge in [0.05, 0.1) is 11.1 Å². The van der Waals surface area contributed by atoms with Crippen LogP contribution in [0.2, 0.25) is 0 Å². The Morgan fingerprint density at radius 1 is 1.03 bits per heavy atom. The average Bonchev–Trinajstić information content (AvgIpc) is 3.01. The van der Waals surface area contributed by atoms with Crippen LogP contribution in [-0.2, 0) is 11.3 Å². The molecule has 2 aromatic carbocycles. The highest BCUT2D eigenvalue weighted by molar-refractivity contribution is 9.10. The van der Waals surface area contributed by atoms with E-state index in [4.69, 9.17) is 0 Å². The van der Waals surface area contributed by atoms with Gasteiger partial charge in [0, 0.05) is 29.7 Å². The fourth-order valence-electron chi connectivity index (χ4n) is 4.26. The molecule has 7 heteroatoms. The zero-order valence-corrected chi connectivity index (χ0v) is 19.9. The van der Waals surface area contributed by atoms with Gasteiger partial charge in [0.2, 0.25) is 5.91 Å². The van der Waals surface area contributed by atoms with Gasteiger partial charge in [0.1, 0.15) is 0 Å². The lowest BCUT2D eigenvalue weighted by molar-refractivity contribution is -0.116. The summed E-state index contributed by atoms with van der Waals surface area (Å²) in [7, 11) is 0. The van der Waals surface area contributed by atoms with Gasteiger partial charge in [0.25, 0.3) is 11.8 Å². The van der Waals surface area contributed by atoms with Gasteiger partial charge in [-0.25, -0.2) is 0 Å². The van der Waals surface area contributed by atoms with Gasteiger partial charge in [-0.15, -0.1) is 0 Å². The van der Waals surface area contributed by atoms with E-state index in [-0.39, 0.29) is 30.7 Å². The molecule has 0 saturated carbocycles. The van der Waals surface area contributed by atoms with Crippen molar-refractivity contribution in [3.05, 3.63) is 63.6 Å². The molecule has 4 rings (SSSR count). The summed E-state index contributed by atoms with van der Waals surface area (Å²) < 4.78 is 0.759. The molecular weight excluding hydrogens is 470 g/mol. The highest BCUT2D eigenvalue weighted by atomic mass is 79.9. The predicted octanol–water partition coefficient (Wildman–Crippen LogP) is 4.70. The van der Waals surface area contributed by atoms with Crippen LogP contribution in [0.5, 0.6) is 0 Å². The van der Waals surface area contributed by atoms with Gasteiger partial charge < -0.3 is 5.32 Å². The van der Waals surface area contributed by atoms with Crippen LogP contribution in [0.25, 0.3) is 0 Å². The maximum atomic E-state index is 12.5. The third kappa shape index (κ3) is 5.27. The summed E-state index contributed by atoms with van der Waals surface area (Å²) in [5, 5.41) is 2.90. The number of nitrogens with zero attached hydrogens (tertiary/aromatic N) is 2. The number of piperidine rings is 1. The lowest BCUT2D eigenvalue weighted by Crippen LogP contribution is -2.32. The van der Waals surface area contributed by atoms with Gasteiger partial charge in [-0.2, -0.15) is 0 Å². The van der Waals surface area contributed by atoms with Crippen LogP contribution in [0.3, 0.4) is 0 Å². The Morgan fingerprint density at radius 3 is 2.44 bits per heavy atom. The molecule has 2 aliphatic heterocycles. The van der Waals surface area contributed by atoms with E-state index in [0.717, 1.165) is 35.7 Å². The van der Waals surface area contributed by atoms with E-state index in [2.05, 4.69) is 45.2 Å². The summed E-state index contributed by atoms with van der Waals surface area (Å²) in [5.41, 5.74) is 2.83. The predicted molar refractivity (Wildman–Crippen MR) is 127 cm³/mol. The molecule has 0 atom stereocenters. The molecule has 0 aromatic heterocycles. The Labute approximate surface area is 197 Å². The number of amides is 3. The highest BCUT2D eigenvalue weighted by Crippen LogP contribution is 2.26. The average molecular weight is 498 g/mol. The van der Waals surface area contributed by atoms with E-state index >= 15 is 0 Å². The normalized spacial score (nSPS) is 17.0. The topological polar surface area (TPSA) is 69.7 Å². The molecule has 0 spiro atoms. The number of benzene rings is 2. The molecule has 0 unspecified atom stereocenters.